The number of hydrogen-bond acceptors (Lipinski definition) is 7. The van der Waals surface area contributed by atoms with Crippen molar-refractivity contribution in [1.29, 1.82) is 0 Å². The maximum Gasteiger partial charge on any atom is 0.329 e. The minimum Gasteiger partial charge on any atom is -0.454 e. The molecule has 0 bridgehead atoms. The van der Waals surface area contributed by atoms with Gasteiger partial charge in [0.15, 0.2) is 6.61 Å². The van der Waals surface area contributed by atoms with Crippen LogP contribution in [0.2, 0.25) is 0 Å². The Morgan fingerprint density at radius 3 is 2.59 bits per heavy atom. The van der Waals surface area contributed by atoms with Gasteiger partial charge < -0.3 is 15.0 Å². The van der Waals surface area contributed by atoms with E-state index in [1.165, 1.54) is 32.7 Å². The predicted molar refractivity (Wildman–Crippen MR) is 129 cm³/mol. The Balaban J connectivity index is 1.63. The van der Waals surface area contributed by atoms with Crippen molar-refractivity contribution in [3.8, 4) is 0 Å². The van der Waals surface area contributed by atoms with Gasteiger partial charge in [-0.2, -0.15) is 4.31 Å². The van der Waals surface area contributed by atoms with Gasteiger partial charge >= 0.3 is 5.97 Å². The first-order valence-electron chi connectivity index (χ1n) is 11.1. The van der Waals surface area contributed by atoms with Crippen LogP contribution in [-0.2, 0) is 24.3 Å². The highest BCUT2D eigenvalue weighted by Gasteiger charge is 2.36. The van der Waals surface area contributed by atoms with Crippen LogP contribution in [0, 0.1) is 6.92 Å². The molecule has 2 heterocycles. The molecule has 1 atom stereocenters. The standard InChI is InChI=1S/C23H29N3O6S2/c1-4-25(5-2)34(30,31)17-11-10-16(3)18(14-17)24-21(27)15-32-23(29)19-8-6-12-26(19)22(28)20-9-7-13-33-20/h7,9-11,13-14,19H,4-6,8,12,15H2,1-3H3,(H,24,27). The van der Waals surface area contributed by atoms with Crippen LogP contribution in [0.4, 0.5) is 5.69 Å². The number of anilines is 1. The second kappa shape index (κ2) is 11.1. The second-order valence-electron chi connectivity index (χ2n) is 7.86. The second-order valence-corrected chi connectivity index (χ2v) is 10.7. The molecule has 1 aliphatic heterocycles. The number of esters is 1. The molecular formula is C23H29N3O6S2. The van der Waals surface area contributed by atoms with E-state index in [1.54, 1.807) is 44.4 Å². The molecule has 11 heteroatoms. The molecule has 0 aliphatic carbocycles. The van der Waals surface area contributed by atoms with Crippen LogP contribution in [0.15, 0.2) is 40.6 Å². The van der Waals surface area contributed by atoms with Gasteiger partial charge in [-0.3, -0.25) is 9.59 Å². The first-order chi connectivity index (χ1) is 16.2. The van der Waals surface area contributed by atoms with E-state index < -0.39 is 34.5 Å². The van der Waals surface area contributed by atoms with Crippen LogP contribution >= 0.6 is 11.3 Å². The van der Waals surface area contributed by atoms with Gasteiger partial charge in [0.05, 0.1) is 9.77 Å². The van der Waals surface area contributed by atoms with Gasteiger partial charge in [0.25, 0.3) is 11.8 Å². The van der Waals surface area contributed by atoms with E-state index >= 15 is 0 Å². The van der Waals surface area contributed by atoms with E-state index in [2.05, 4.69) is 5.32 Å². The molecule has 9 nitrogen and oxygen atoms in total. The third-order valence-electron chi connectivity index (χ3n) is 5.69. The van der Waals surface area contributed by atoms with E-state index in [1.807, 2.05) is 0 Å². The molecule has 0 spiro atoms. The number of nitrogens with zero attached hydrogens (tertiary/aromatic N) is 2. The topological polar surface area (TPSA) is 113 Å². The lowest BCUT2D eigenvalue weighted by Crippen LogP contribution is -2.41. The van der Waals surface area contributed by atoms with Crippen LogP contribution in [0.5, 0.6) is 0 Å². The molecule has 1 aromatic heterocycles. The van der Waals surface area contributed by atoms with Gasteiger partial charge in [-0.25, -0.2) is 13.2 Å². The molecule has 1 aliphatic rings. The number of sulfonamides is 1. The molecule has 0 saturated carbocycles. The summed E-state index contributed by atoms with van der Waals surface area (Å²) in [6.45, 7) is 5.83. The maximum atomic E-state index is 12.8. The third-order valence-corrected chi connectivity index (χ3v) is 8.59. The largest absolute Gasteiger partial charge is 0.454 e. The third kappa shape index (κ3) is 5.65. The summed E-state index contributed by atoms with van der Waals surface area (Å²) in [5.74, 6) is -1.45. The molecule has 1 aromatic carbocycles. The Kier molecular flexibility index (Phi) is 8.45. The zero-order valence-corrected chi connectivity index (χ0v) is 21.1. The SMILES string of the molecule is CCN(CC)S(=O)(=O)c1ccc(C)c(NC(=O)COC(=O)C2CCCN2C(=O)c2cccs2)c1. The maximum absolute atomic E-state index is 12.8. The molecule has 0 radical (unpaired) electrons. The summed E-state index contributed by atoms with van der Waals surface area (Å²) in [6, 6.07) is 7.27. The summed E-state index contributed by atoms with van der Waals surface area (Å²) < 4.78 is 32.1. The number of ether oxygens (including phenoxy) is 1. The van der Waals surface area contributed by atoms with Crippen molar-refractivity contribution in [3.63, 3.8) is 0 Å². The van der Waals surface area contributed by atoms with Crippen molar-refractivity contribution in [3.05, 3.63) is 46.2 Å². The van der Waals surface area contributed by atoms with Gasteiger partial charge in [0, 0.05) is 25.3 Å². The van der Waals surface area contributed by atoms with Gasteiger partial charge in [-0.15, -0.1) is 11.3 Å². The van der Waals surface area contributed by atoms with Gasteiger partial charge in [0.1, 0.15) is 6.04 Å². The van der Waals surface area contributed by atoms with Crippen LogP contribution in [0.25, 0.3) is 0 Å². The van der Waals surface area contributed by atoms with Crippen molar-refractivity contribution < 1.29 is 27.5 Å². The van der Waals surface area contributed by atoms with Crippen molar-refractivity contribution in [2.24, 2.45) is 0 Å². The number of benzene rings is 1. The number of amides is 2. The van der Waals surface area contributed by atoms with E-state index in [4.69, 9.17) is 4.74 Å². The first-order valence-corrected chi connectivity index (χ1v) is 13.4. The number of carbonyl (C=O) groups is 3. The molecule has 2 amide bonds. The minimum atomic E-state index is -3.69. The van der Waals surface area contributed by atoms with Crippen molar-refractivity contribution >= 4 is 44.8 Å². The summed E-state index contributed by atoms with van der Waals surface area (Å²) in [4.78, 5) is 39.8. The van der Waals surface area contributed by atoms with E-state index in [9.17, 15) is 22.8 Å². The molecule has 1 fully saturated rings. The Hall–Kier alpha value is -2.76. The Labute approximate surface area is 203 Å². The number of aryl methyl sites for hydroxylation is 1. The molecule has 2 aromatic rings. The lowest BCUT2D eigenvalue weighted by atomic mass is 10.2. The monoisotopic (exact) mass is 507 g/mol. The summed E-state index contributed by atoms with van der Waals surface area (Å²) in [6.07, 6.45) is 1.15. The molecule has 1 N–H and O–H groups in total. The molecule has 184 valence electrons. The summed E-state index contributed by atoms with van der Waals surface area (Å²) >= 11 is 1.31. The zero-order chi connectivity index (χ0) is 24.9. The number of likely N-dealkylation sites (tertiary alicyclic amines) is 1. The van der Waals surface area contributed by atoms with Crippen molar-refractivity contribution in [2.75, 3.05) is 31.6 Å². The zero-order valence-electron chi connectivity index (χ0n) is 19.4. The lowest BCUT2D eigenvalue weighted by molar-refractivity contribution is -0.151. The van der Waals surface area contributed by atoms with Gasteiger partial charge in [0.2, 0.25) is 10.0 Å². The fraction of sp³-hybridized carbons (Fsp3) is 0.435. The summed E-state index contributed by atoms with van der Waals surface area (Å²) in [7, 11) is -3.69. The number of thiophene rings is 1. The molecular weight excluding hydrogens is 478 g/mol. The fourth-order valence-corrected chi connectivity index (χ4v) is 5.99. The Morgan fingerprint density at radius 1 is 1.21 bits per heavy atom. The first kappa shape index (κ1) is 25.9. The minimum absolute atomic E-state index is 0.0720. The number of carbonyl (C=O) groups excluding carboxylic acids is 3. The predicted octanol–water partition coefficient (Wildman–Crippen LogP) is 2.87. The molecule has 1 saturated heterocycles. The lowest BCUT2D eigenvalue weighted by Gasteiger charge is -2.22. The van der Waals surface area contributed by atoms with Crippen molar-refractivity contribution in [1.82, 2.24) is 9.21 Å². The van der Waals surface area contributed by atoms with Crippen LogP contribution in [-0.4, -0.2) is 67.7 Å². The molecule has 1 unspecified atom stereocenters. The highest BCUT2D eigenvalue weighted by molar-refractivity contribution is 7.89. The highest BCUT2D eigenvalue weighted by Crippen LogP contribution is 2.24. The van der Waals surface area contributed by atoms with Crippen LogP contribution in [0.1, 0.15) is 41.9 Å². The Morgan fingerprint density at radius 2 is 1.94 bits per heavy atom. The van der Waals surface area contributed by atoms with Gasteiger partial charge in [-0.05, 0) is 48.9 Å². The number of hydrogen-bond donors (Lipinski definition) is 1. The number of nitrogens with one attached hydrogen (secondary N) is 1. The van der Waals surface area contributed by atoms with Gasteiger partial charge in [-0.1, -0.05) is 26.0 Å². The van der Waals surface area contributed by atoms with Crippen molar-refractivity contribution in [2.45, 2.75) is 44.6 Å². The molecule has 34 heavy (non-hydrogen) atoms. The summed E-state index contributed by atoms with van der Waals surface area (Å²) in [5.41, 5.74) is 0.992. The highest BCUT2D eigenvalue weighted by atomic mass is 32.2. The smallest absolute Gasteiger partial charge is 0.329 e. The fourth-order valence-electron chi connectivity index (χ4n) is 3.82. The van der Waals surface area contributed by atoms with Crippen LogP contribution in [0.3, 0.4) is 0 Å². The number of rotatable bonds is 9. The van der Waals surface area contributed by atoms with E-state index in [0.29, 0.717) is 48.6 Å². The average molecular weight is 508 g/mol. The normalized spacial score (nSPS) is 16.0. The van der Waals surface area contributed by atoms with Crippen LogP contribution < -0.4 is 5.32 Å². The Bertz CT molecular complexity index is 1140. The van der Waals surface area contributed by atoms with E-state index in [0.717, 1.165) is 0 Å². The molecule has 3 rings (SSSR count). The average Bonchev–Trinajstić information content (AvgIpc) is 3.51. The summed E-state index contributed by atoms with van der Waals surface area (Å²) in [5, 5.41) is 4.42. The van der Waals surface area contributed by atoms with E-state index in [-0.39, 0.29) is 10.8 Å². The quantitative estimate of drug-likeness (QED) is 0.522.